The first-order valence-electron chi connectivity index (χ1n) is 5.58. The molecule has 0 atom stereocenters. The van der Waals surface area contributed by atoms with Crippen LogP contribution in [0.25, 0.3) is 11.0 Å². The lowest BCUT2D eigenvalue weighted by molar-refractivity contribution is 0.627. The molecule has 3 aromatic rings. The normalized spacial score (nSPS) is 11.0. The zero-order valence-corrected chi connectivity index (χ0v) is 10.2. The number of fused-ring (bicyclic) bond motifs is 1. The van der Waals surface area contributed by atoms with Gasteiger partial charge in [0.2, 0.25) is 0 Å². The summed E-state index contributed by atoms with van der Waals surface area (Å²) in [6, 6.07) is 12.7. The lowest BCUT2D eigenvalue weighted by Gasteiger charge is -2.05. The highest BCUT2D eigenvalue weighted by atomic mass is 35.5. The molecule has 0 amide bonds. The molecule has 0 spiro atoms. The topological polar surface area (TPSA) is 17.8 Å². The summed E-state index contributed by atoms with van der Waals surface area (Å²) in [6.07, 6.45) is 1.78. The molecule has 2 aromatic carbocycles. The second-order valence-corrected chi connectivity index (χ2v) is 4.52. The fourth-order valence-corrected chi connectivity index (χ4v) is 2.17. The van der Waals surface area contributed by atoms with Crippen LogP contribution in [-0.2, 0) is 6.54 Å². The van der Waals surface area contributed by atoms with Crippen LogP contribution in [0.4, 0.5) is 4.39 Å². The minimum absolute atomic E-state index is 0.150. The van der Waals surface area contributed by atoms with Gasteiger partial charge in [-0.2, -0.15) is 0 Å². The SMILES string of the molecule is Fc1ccc(Cn2cnc3ccccc32)cc1Cl. The van der Waals surface area contributed by atoms with Gasteiger partial charge in [-0.05, 0) is 29.8 Å². The summed E-state index contributed by atoms with van der Waals surface area (Å²) in [7, 11) is 0. The van der Waals surface area contributed by atoms with Gasteiger partial charge in [0, 0.05) is 6.54 Å². The Kier molecular flexibility index (Phi) is 2.76. The van der Waals surface area contributed by atoms with Crippen molar-refractivity contribution in [1.82, 2.24) is 9.55 Å². The van der Waals surface area contributed by atoms with E-state index >= 15 is 0 Å². The molecule has 0 bridgehead atoms. The second kappa shape index (κ2) is 4.42. The van der Waals surface area contributed by atoms with E-state index in [1.165, 1.54) is 6.07 Å². The van der Waals surface area contributed by atoms with E-state index in [9.17, 15) is 4.39 Å². The Bertz CT molecular complexity index is 706. The van der Waals surface area contributed by atoms with Crippen LogP contribution in [0.15, 0.2) is 48.8 Å². The molecule has 0 N–H and O–H groups in total. The number of nitrogens with zero attached hydrogens (tertiary/aromatic N) is 2. The van der Waals surface area contributed by atoms with Crippen LogP contribution in [0.3, 0.4) is 0 Å². The van der Waals surface area contributed by atoms with Gasteiger partial charge in [-0.25, -0.2) is 9.37 Å². The van der Waals surface area contributed by atoms with Gasteiger partial charge in [0.1, 0.15) is 5.82 Å². The maximum absolute atomic E-state index is 13.1. The molecule has 0 aliphatic rings. The average molecular weight is 261 g/mol. The molecule has 0 unspecified atom stereocenters. The maximum atomic E-state index is 13.1. The monoisotopic (exact) mass is 260 g/mol. The van der Waals surface area contributed by atoms with Gasteiger partial charge in [-0.1, -0.05) is 29.8 Å². The molecule has 0 saturated carbocycles. The molecular formula is C14H10ClFN2. The van der Waals surface area contributed by atoms with Crippen molar-refractivity contribution in [2.75, 3.05) is 0 Å². The number of imidazole rings is 1. The van der Waals surface area contributed by atoms with E-state index in [2.05, 4.69) is 4.98 Å². The molecule has 0 fully saturated rings. The lowest BCUT2D eigenvalue weighted by atomic mass is 10.2. The fourth-order valence-electron chi connectivity index (χ4n) is 1.97. The van der Waals surface area contributed by atoms with Crippen molar-refractivity contribution in [2.45, 2.75) is 6.54 Å². The first kappa shape index (κ1) is 11.2. The second-order valence-electron chi connectivity index (χ2n) is 4.11. The number of para-hydroxylation sites is 2. The highest BCUT2D eigenvalue weighted by Gasteiger charge is 2.04. The average Bonchev–Trinajstić information content (AvgIpc) is 2.78. The van der Waals surface area contributed by atoms with E-state index < -0.39 is 5.82 Å². The van der Waals surface area contributed by atoms with Crippen LogP contribution < -0.4 is 0 Å². The smallest absolute Gasteiger partial charge is 0.141 e. The van der Waals surface area contributed by atoms with E-state index in [1.807, 2.05) is 28.8 Å². The Hall–Kier alpha value is -1.87. The van der Waals surface area contributed by atoms with Gasteiger partial charge in [-0.15, -0.1) is 0 Å². The molecular weight excluding hydrogens is 251 g/mol. The molecule has 1 aromatic heterocycles. The predicted molar refractivity (Wildman–Crippen MR) is 70.2 cm³/mol. The van der Waals surface area contributed by atoms with Crippen LogP contribution in [0.2, 0.25) is 5.02 Å². The third kappa shape index (κ3) is 1.97. The summed E-state index contributed by atoms with van der Waals surface area (Å²) in [4.78, 5) is 4.31. The van der Waals surface area contributed by atoms with Gasteiger partial charge < -0.3 is 4.57 Å². The first-order valence-corrected chi connectivity index (χ1v) is 5.95. The quantitative estimate of drug-likeness (QED) is 0.684. The zero-order valence-electron chi connectivity index (χ0n) is 9.48. The maximum Gasteiger partial charge on any atom is 0.141 e. The molecule has 90 valence electrons. The first-order chi connectivity index (χ1) is 8.74. The van der Waals surface area contributed by atoms with Gasteiger partial charge in [0.25, 0.3) is 0 Å². The van der Waals surface area contributed by atoms with Gasteiger partial charge >= 0.3 is 0 Å². The van der Waals surface area contributed by atoms with E-state index in [0.717, 1.165) is 16.6 Å². The Morgan fingerprint density at radius 1 is 1.17 bits per heavy atom. The van der Waals surface area contributed by atoms with Crippen molar-refractivity contribution in [3.05, 3.63) is 65.2 Å². The van der Waals surface area contributed by atoms with Crippen LogP contribution in [0.1, 0.15) is 5.56 Å². The summed E-state index contributed by atoms with van der Waals surface area (Å²) in [5, 5.41) is 0.150. The van der Waals surface area contributed by atoms with E-state index in [-0.39, 0.29) is 5.02 Å². The molecule has 3 rings (SSSR count). The highest BCUT2D eigenvalue weighted by molar-refractivity contribution is 6.30. The lowest BCUT2D eigenvalue weighted by Crippen LogP contribution is -1.98. The molecule has 0 radical (unpaired) electrons. The molecule has 18 heavy (non-hydrogen) atoms. The molecule has 0 aliphatic heterocycles. The number of hydrogen-bond donors (Lipinski definition) is 0. The van der Waals surface area contributed by atoms with Crippen LogP contribution in [-0.4, -0.2) is 9.55 Å². The van der Waals surface area contributed by atoms with Crippen LogP contribution in [0, 0.1) is 5.82 Å². The Labute approximate surface area is 109 Å². The van der Waals surface area contributed by atoms with Crippen molar-refractivity contribution in [3.8, 4) is 0 Å². The molecule has 0 aliphatic carbocycles. The van der Waals surface area contributed by atoms with Crippen LogP contribution >= 0.6 is 11.6 Å². The largest absolute Gasteiger partial charge is 0.326 e. The highest BCUT2D eigenvalue weighted by Crippen LogP contribution is 2.18. The van der Waals surface area contributed by atoms with Gasteiger partial charge in [0.15, 0.2) is 0 Å². The molecule has 1 heterocycles. The molecule has 0 saturated heterocycles. The van der Waals surface area contributed by atoms with Crippen molar-refractivity contribution >= 4 is 22.6 Å². The minimum atomic E-state index is -0.393. The standard InChI is InChI=1S/C14H10ClFN2/c15-11-7-10(5-6-12(11)16)8-18-9-17-13-3-1-2-4-14(13)18/h1-7,9H,8H2. The third-order valence-corrected chi connectivity index (χ3v) is 3.15. The van der Waals surface area contributed by atoms with Crippen molar-refractivity contribution in [3.63, 3.8) is 0 Å². The predicted octanol–water partition coefficient (Wildman–Crippen LogP) is 3.88. The summed E-state index contributed by atoms with van der Waals surface area (Å²) in [5.41, 5.74) is 2.95. The van der Waals surface area contributed by atoms with Crippen molar-refractivity contribution in [2.24, 2.45) is 0 Å². The van der Waals surface area contributed by atoms with Crippen molar-refractivity contribution < 1.29 is 4.39 Å². The summed E-state index contributed by atoms with van der Waals surface area (Å²) < 4.78 is 15.1. The van der Waals surface area contributed by atoms with E-state index in [0.29, 0.717) is 6.54 Å². The molecule has 4 heteroatoms. The minimum Gasteiger partial charge on any atom is -0.326 e. The van der Waals surface area contributed by atoms with E-state index in [4.69, 9.17) is 11.6 Å². The Morgan fingerprint density at radius 3 is 2.83 bits per heavy atom. The third-order valence-electron chi connectivity index (χ3n) is 2.86. The number of benzene rings is 2. The zero-order chi connectivity index (χ0) is 12.5. The Morgan fingerprint density at radius 2 is 2.00 bits per heavy atom. The number of halogens is 2. The molecule has 2 nitrogen and oxygen atoms in total. The number of aromatic nitrogens is 2. The summed E-state index contributed by atoms with van der Waals surface area (Å²) >= 11 is 5.77. The Balaban J connectivity index is 1.98. The summed E-state index contributed by atoms with van der Waals surface area (Å²) in [5.74, 6) is -0.393. The van der Waals surface area contributed by atoms with Gasteiger partial charge in [-0.3, -0.25) is 0 Å². The van der Waals surface area contributed by atoms with Crippen LogP contribution in [0.5, 0.6) is 0 Å². The van der Waals surface area contributed by atoms with Gasteiger partial charge in [0.05, 0.1) is 22.4 Å². The van der Waals surface area contributed by atoms with Crippen molar-refractivity contribution in [1.29, 1.82) is 0 Å². The number of hydrogen-bond acceptors (Lipinski definition) is 1. The summed E-state index contributed by atoms with van der Waals surface area (Å²) in [6.45, 7) is 0.626. The fraction of sp³-hybridized carbons (Fsp3) is 0.0714. The number of rotatable bonds is 2. The van der Waals surface area contributed by atoms with E-state index in [1.54, 1.807) is 18.5 Å².